The lowest BCUT2D eigenvalue weighted by Gasteiger charge is -2.38. The number of pyridine rings is 1. The van der Waals surface area contributed by atoms with E-state index in [0.29, 0.717) is 35.4 Å². The Balaban J connectivity index is 1.40. The smallest absolute Gasteiger partial charge is 0.253 e. The largest absolute Gasteiger partial charge is 0.506 e. The van der Waals surface area contributed by atoms with Crippen molar-refractivity contribution in [3.8, 4) is 11.4 Å². The summed E-state index contributed by atoms with van der Waals surface area (Å²) in [4.78, 5) is 13.6. The number of carbonyl (C=O) groups is 1. The highest BCUT2D eigenvalue weighted by Crippen LogP contribution is 2.40. The molecule has 3 heterocycles. The molecule has 36 heavy (non-hydrogen) atoms. The van der Waals surface area contributed by atoms with Gasteiger partial charge in [0.15, 0.2) is 0 Å². The van der Waals surface area contributed by atoms with E-state index >= 15 is 0 Å². The van der Waals surface area contributed by atoms with Gasteiger partial charge in [-0.2, -0.15) is 5.10 Å². The minimum Gasteiger partial charge on any atom is -0.506 e. The van der Waals surface area contributed by atoms with E-state index in [4.69, 9.17) is 16.7 Å². The SMILES string of the molecule is Cc1cc(O)c2c3c(nn2c1)CCC(NC(=O)c1ccc(-n2cnnc2)cc1Cl)(c1ccccc1)C3. The fourth-order valence-corrected chi connectivity index (χ4v) is 5.41. The van der Waals surface area contributed by atoms with Crippen molar-refractivity contribution >= 4 is 23.0 Å². The molecule has 8 nitrogen and oxygen atoms in total. The van der Waals surface area contributed by atoms with E-state index in [2.05, 4.69) is 15.5 Å². The predicted octanol–water partition coefficient (Wildman–Crippen LogP) is 4.40. The number of hydrogen-bond donors (Lipinski definition) is 2. The molecular formula is C27H23ClN6O2. The van der Waals surface area contributed by atoms with Crippen molar-refractivity contribution in [1.29, 1.82) is 0 Å². The van der Waals surface area contributed by atoms with E-state index in [1.54, 1.807) is 39.9 Å². The van der Waals surface area contributed by atoms with Crippen LogP contribution in [0.15, 0.2) is 73.4 Å². The van der Waals surface area contributed by atoms with Crippen molar-refractivity contribution in [2.24, 2.45) is 0 Å². The summed E-state index contributed by atoms with van der Waals surface area (Å²) < 4.78 is 3.47. The molecule has 6 rings (SSSR count). The maximum atomic E-state index is 13.6. The number of halogens is 1. The van der Waals surface area contributed by atoms with Crippen LogP contribution in [0.1, 0.15) is 39.2 Å². The molecule has 180 valence electrons. The van der Waals surface area contributed by atoms with E-state index in [1.165, 1.54) is 0 Å². The molecule has 0 saturated carbocycles. The molecule has 2 aromatic carbocycles. The van der Waals surface area contributed by atoms with E-state index in [9.17, 15) is 9.90 Å². The van der Waals surface area contributed by atoms with Crippen molar-refractivity contribution in [2.45, 2.75) is 31.7 Å². The Hall–Kier alpha value is -4.17. The quantitative estimate of drug-likeness (QED) is 0.383. The fourth-order valence-electron chi connectivity index (χ4n) is 5.15. The van der Waals surface area contributed by atoms with E-state index in [1.807, 2.05) is 49.5 Å². The number of aromatic nitrogens is 5. The first-order chi connectivity index (χ1) is 17.4. The van der Waals surface area contributed by atoms with E-state index < -0.39 is 5.54 Å². The maximum absolute atomic E-state index is 13.6. The molecule has 3 aromatic heterocycles. The van der Waals surface area contributed by atoms with Crippen LogP contribution in [0.2, 0.25) is 5.02 Å². The molecule has 1 unspecified atom stereocenters. The lowest BCUT2D eigenvalue weighted by Crippen LogP contribution is -2.49. The topological polar surface area (TPSA) is 97.3 Å². The number of benzene rings is 2. The van der Waals surface area contributed by atoms with Crippen LogP contribution in [0.3, 0.4) is 0 Å². The molecule has 1 amide bonds. The zero-order valence-corrected chi connectivity index (χ0v) is 20.3. The summed E-state index contributed by atoms with van der Waals surface area (Å²) in [5.41, 5.74) is 4.93. The second kappa shape index (κ2) is 8.49. The van der Waals surface area contributed by atoms with Gasteiger partial charge < -0.3 is 10.4 Å². The highest BCUT2D eigenvalue weighted by molar-refractivity contribution is 6.34. The number of aromatic hydroxyl groups is 1. The third-order valence-corrected chi connectivity index (χ3v) is 7.20. The van der Waals surface area contributed by atoms with Crippen LogP contribution in [-0.2, 0) is 18.4 Å². The van der Waals surface area contributed by atoms with Gasteiger partial charge in [-0.25, -0.2) is 4.52 Å². The van der Waals surface area contributed by atoms with Gasteiger partial charge in [0.2, 0.25) is 0 Å². The molecule has 0 fully saturated rings. The van der Waals surface area contributed by atoms with Crippen LogP contribution in [0.5, 0.6) is 5.75 Å². The average molecular weight is 499 g/mol. The number of nitrogens with one attached hydrogen (secondary N) is 1. The average Bonchev–Trinajstić information content (AvgIpc) is 3.52. The van der Waals surface area contributed by atoms with E-state index in [0.717, 1.165) is 28.1 Å². The van der Waals surface area contributed by atoms with Gasteiger partial charge in [0.05, 0.1) is 21.8 Å². The van der Waals surface area contributed by atoms with Gasteiger partial charge >= 0.3 is 0 Å². The first-order valence-corrected chi connectivity index (χ1v) is 12.0. The van der Waals surface area contributed by atoms with Crippen LogP contribution < -0.4 is 5.32 Å². The highest BCUT2D eigenvalue weighted by atomic mass is 35.5. The second-order valence-electron chi connectivity index (χ2n) is 9.23. The van der Waals surface area contributed by atoms with Crippen molar-refractivity contribution < 1.29 is 9.90 Å². The number of aryl methyl sites for hydroxylation is 2. The van der Waals surface area contributed by atoms with E-state index in [-0.39, 0.29) is 11.7 Å². The molecule has 1 atom stereocenters. The van der Waals surface area contributed by atoms with Crippen LogP contribution in [0.25, 0.3) is 11.2 Å². The highest BCUT2D eigenvalue weighted by Gasteiger charge is 2.40. The lowest BCUT2D eigenvalue weighted by molar-refractivity contribution is 0.0886. The monoisotopic (exact) mass is 498 g/mol. The zero-order valence-electron chi connectivity index (χ0n) is 19.5. The number of fused-ring (bicyclic) bond motifs is 3. The molecule has 0 spiro atoms. The molecule has 1 aliphatic carbocycles. The summed E-state index contributed by atoms with van der Waals surface area (Å²) in [6.45, 7) is 1.92. The zero-order chi connectivity index (χ0) is 24.9. The summed E-state index contributed by atoms with van der Waals surface area (Å²) >= 11 is 6.57. The molecule has 0 radical (unpaired) electrons. The van der Waals surface area contributed by atoms with Crippen LogP contribution in [0, 0.1) is 6.92 Å². The van der Waals surface area contributed by atoms with Crippen molar-refractivity contribution in [1.82, 2.24) is 29.7 Å². The van der Waals surface area contributed by atoms with Crippen molar-refractivity contribution in [3.63, 3.8) is 0 Å². The van der Waals surface area contributed by atoms with Gasteiger partial charge in [0.1, 0.15) is 23.9 Å². The Labute approximate surface area is 212 Å². The summed E-state index contributed by atoms with van der Waals surface area (Å²) in [5.74, 6) is -0.0780. The van der Waals surface area contributed by atoms with Gasteiger partial charge in [0.25, 0.3) is 5.91 Å². The molecule has 1 aliphatic rings. The summed E-state index contributed by atoms with van der Waals surface area (Å²) in [7, 11) is 0. The van der Waals surface area contributed by atoms with Crippen molar-refractivity contribution in [2.75, 3.05) is 0 Å². The number of nitrogens with zero attached hydrogens (tertiary/aromatic N) is 5. The first kappa shape index (κ1) is 22.3. The molecule has 5 aromatic rings. The molecule has 0 aliphatic heterocycles. The van der Waals surface area contributed by atoms with Crippen molar-refractivity contribution in [3.05, 3.63) is 106 Å². The van der Waals surface area contributed by atoms with Gasteiger partial charge in [-0.1, -0.05) is 41.9 Å². The third kappa shape index (κ3) is 3.70. The van der Waals surface area contributed by atoms with Crippen LogP contribution >= 0.6 is 11.6 Å². The lowest BCUT2D eigenvalue weighted by atomic mass is 9.75. The first-order valence-electron chi connectivity index (χ1n) is 11.7. The summed E-state index contributed by atoms with van der Waals surface area (Å²) in [6.07, 6.45) is 6.87. The summed E-state index contributed by atoms with van der Waals surface area (Å²) in [5, 5.41) is 26.8. The standard InChI is InChI=1S/C27H23ClN6O2/c1-17-11-24(35)25-21-13-27(18-5-3-2-4-6-18,10-9-23(21)32-34(25)14-17)31-26(36)20-8-7-19(12-22(20)28)33-15-29-30-16-33/h2-8,11-12,14-16,35H,9-10,13H2,1H3,(H,31,36). The maximum Gasteiger partial charge on any atom is 0.253 e. The molecular weight excluding hydrogens is 476 g/mol. The molecule has 9 heteroatoms. The number of amides is 1. The minimum absolute atomic E-state index is 0.187. The third-order valence-electron chi connectivity index (χ3n) is 6.89. The Morgan fingerprint density at radius 3 is 2.64 bits per heavy atom. The van der Waals surface area contributed by atoms with Gasteiger partial charge in [0, 0.05) is 23.9 Å². The molecule has 0 saturated heterocycles. The van der Waals surface area contributed by atoms with Crippen LogP contribution in [-0.4, -0.2) is 35.4 Å². The Morgan fingerprint density at radius 1 is 1.11 bits per heavy atom. The van der Waals surface area contributed by atoms with Crippen LogP contribution in [0.4, 0.5) is 0 Å². The number of hydrogen-bond acceptors (Lipinski definition) is 5. The summed E-state index contributed by atoms with van der Waals surface area (Å²) in [6, 6.07) is 16.9. The van der Waals surface area contributed by atoms with Gasteiger partial charge in [-0.15, -0.1) is 10.2 Å². The van der Waals surface area contributed by atoms with Gasteiger partial charge in [-0.3, -0.25) is 9.36 Å². The Morgan fingerprint density at radius 2 is 1.89 bits per heavy atom. The predicted molar refractivity (Wildman–Crippen MR) is 136 cm³/mol. The molecule has 0 bridgehead atoms. The number of carbonyl (C=O) groups excluding carboxylic acids is 1. The second-order valence-corrected chi connectivity index (χ2v) is 9.64. The minimum atomic E-state index is -0.692. The normalized spacial score (nSPS) is 17.2. The number of rotatable bonds is 4. The molecule has 2 N–H and O–H groups in total. The fraction of sp³-hybridized carbons (Fsp3) is 0.185. The van der Waals surface area contributed by atoms with Gasteiger partial charge in [-0.05, 0) is 55.2 Å². The Kier molecular flexibility index (Phi) is 5.26. The Bertz CT molecular complexity index is 1600.